The number of carbonyl (C=O) groups excluding carboxylic acids is 1. The minimum atomic E-state index is -0.995. The highest BCUT2D eigenvalue weighted by Gasteiger charge is 2.05. The summed E-state index contributed by atoms with van der Waals surface area (Å²) in [7, 11) is 1.23. The lowest BCUT2D eigenvalue weighted by molar-refractivity contribution is -0.149. The zero-order valence-electron chi connectivity index (χ0n) is 4.75. The van der Waals surface area contributed by atoms with E-state index in [-0.39, 0.29) is 12.4 Å². The van der Waals surface area contributed by atoms with Gasteiger partial charge in [-0.1, -0.05) is 0 Å². The third-order valence-electron chi connectivity index (χ3n) is 0.542. The summed E-state index contributed by atoms with van der Waals surface area (Å²) in [6, 6.07) is 0. The molecule has 0 aliphatic carbocycles. The Kier molecular flexibility index (Phi) is 6.48. The van der Waals surface area contributed by atoms with Crippen molar-refractivity contribution in [3.63, 3.8) is 0 Å². The molecule has 0 saturated carbocycles. The summed E-state index contributed by atoms with van der Waals surface area (Å²) in [5.41, 5.74) is 0. The predicted octanol–water partition coefficient (Wildman–Crippen LogP) is -0.0380. The molecule has 0 rings (SSSR count). The first kappa shape index (κ1) is 10.7. The van der Waals surface area contributed by atoms with Crippen LogP contribution in [0.25, 0.3) is 0 Å². The Morgan fingerprint density at radius 1 is 1.75 bits per heavy atom. The Labute approximate surface area is 54.1 Å². The summed E-state index contributed by atoms with van der Waals surface area (Å²) in [5.74, 6) is -0.597. The third kappa shape index (κ3) is 3.89. The molecule has 0 aromatic rings. The van der Waals surface area contributed by atoms with E-state index in [1.54, 1.807) is 0 Å². The van der Waals surface area contributed by atoms with Crippen molar-refractivity contribution in [3.8, 4) is 0 Å². The number of aliphatic hydroxyl groups is 1. The number of rotatable bonds is 1. The minimum absolute atomic E-state index is 0. The van der Waals surface area contributed by atoms with Gasteiger partial charge in [-0.3, -0.25) is 0 Å². The van der Waals surface area contributed by atoms with Crippen molar-refractivity contribution < 1.29 is 14.6 Å². The molecular weight excluding hydrogens is 131 g/mol. The standard InChI is InChI=1S/C4H8O3.ClH/c1-3(5)4(6)7-2;/h3,5H,1-2H3;1H/t3-;/m1./s1. The van der Waals surface area contributed by atoms with Crippen molar-refractivity contribution in [1.82, 2.24) is 0 Å². The fourth-order valence-electron chi connectivity index (χ4n) is 0.171. The van der Waals surface area contributed by atoms with E-state index in [1.165, 1.54) is 14.0 Å². The van der Waals surface area contributed by atoms with E-state index in [2.05, 4.69) is 4.74 Å². The number of methoxy groups -OCH3 is 1. The van der Waals surface area contributed by atoms with Gasteiger partial charge in [0, 0.05) is 0 Å². The molecule has 50 valence electrons. The van der Waals surface area contributed by atoms with E-state index < -0.39 is 12.1 Å². The maximum Gasteiger partial charge on any atom is 0.334 e. The first-order valence-corrected chi connectivity index (χ1v) is 1.94. The molecule has 0 aromatic heterocycles. The van der Waals surface area contributed by atoms with Crippen LogP contribution in [0.3, 0.4) is 0 Å². The van der Waals surface area contributed by atoms with Crippen LogP contribution in [-0.4, -0.2) is 24.3 Å². The van der Waals surface area contributed by atoms with Crippen LogP contribution in [0, 0.1) is 0 Å². The van der Waals surface area contributed by atoms with Crippen molar-refractivity contribution in [1.29, 1.82) is 0 Å². The van der Waals surface area contributed by atoms with Gasteiger partial charge in [0.05, 0.1) is 7.11 Å². The van der Waals surface area contributed by atoms with Crippen LogP contribution in [0.2, 0.25) is 0 Å². The molecule has 1 atom stereocenters. The van der Waals surface area contributed by atoms with Crippen molar-refractivity contribution in [2.75, 3.05) is 7.11 Å². The topological polar surface area (TPSA) is 46.5 Å². The number of carbonyl (C=O) groups is 1. The summed E-state index contributed by atoms with van der Waals surface area (Å²) in [6.07, 6.45) is -0.995. The Morgan fingerprint density at radius 2 is 2.12 bits per heavy atom. The lowest BCUT2D eigenvalue weighted by Gasteiger charge is -1.97. The monoisotopic (exact) mass is 140 g/mol. The van der Waals surface area contributed by atoms with Gasteiger partial charge < -0.3 is 9.84 Å². The molecule has 3 nitrogen and oxygen atoms in total. The number of hydrogen-bond acceptors (Lipinski definition) is 3. The van der Waals surface area contributed by atoms with E-state index >= 15 is 0 Å². The quantitative estimate of drug-likeness (QED) is 0.520. The molecule has 1 N–H and O–H groups in total. The first-order chi connectivity index (χ1) is 3.18. The highest BCUT2D eigenvalue weighted by atomic mass is 35.5. The minimum Gasteiger partial charge on any atom is -0.467 e. The van der Waals surface area contributed by atoms with E-state index in [0.717, 1.165) is 0 Å². The van der Waals surface area contributed by atoms with Crippen LogP contribution in [0.15, 0.2) is 0 Å². The SMILES string of the molecule is COC(=O)[C@@H](C)O.Cl. The molecule has 0 saturated heterocycles. The average molecular weight is 141 g/mol. The highest BCUT2D eigenvalue weighted by molar-refractivity contribution is 5.85. The van der Waals surface area contributed by atoms with Gasteiger partial charge in [0.1, 0.15) is 6.10 Å². The van der Waals surface area contributed by atoms with E-state index in [4.69, 9.17) is 5.11 Å². The van der Waals surface area contributed by atoms with Crippen molar-refractivity contribution in [2.45, 2.75) is 13.0 Å². The fourth-order valence-corrected chi connectivity index (χ4v) is 0.171. The number of esters is 1. The Balaban J connectivity index is 0. The molecule has 0 bridgehead atoms. The van der Waals surface area contributed by atoms with Gasteiger partial charge in [0.25, 0.3) is 0 Å². The third-order valence-corrected chi connectivity index (χ3v) is 0.542. The molecule has 0 aliphatic heterocycles. The second kappa shape index (κ2) is 4.87. The summed E-state index contributed by atoms with van der Waals surface area (Å²) >= 11 is 0. The van der Waals surface area contributed by atoms with Crippen LogP contribution in [-0.2, 0) is 9.53 Å². The second-order valence-electron chi connectivity index (χ2n) is 1.20. The zero-order chi connectivity index (χ0) is 5.86. The van der Waals surface area contributed by atoms with Gasteiger partial charge in [-0.15, -0.1) is 12.4 Å². The number of ether oxygens (including phenoxy) is 1. The fraction of sp³-hybridized carbons (Fsp3) is 0.750. The van der Waals surface area contributed by atoms with Gasteiger partial charge in [0.15, 0.2) is 0 Å². The molecule has 0 fully saturated rings. The lowest BCUT2D eigenvalue weighted by atomic mass is 10.4. The summed E-state index contributed by atoms with van der Waals surface area (Å²) < 4.78 is 4.12. The van der Waals surface area contributed by atoms with E-state index in [0.29, 0.717) is 0 Å². The van der Waals surface area contributed by atoms with Crippen molar-refractivity contribution in [3.05, 3.63) is 0 Å². The molecule has 8 heavy (non-hydrogen) atoms. The number of halogens is 1. The molecule has 0 amide bonds. The Morgan fingerprint density at radius 3 is 2.12 bits per heavy atom. The molecule has 0 radical (unpaired) electrons. The molecule has 0 aliphatic rings. The highest BCUT2D eigenvalue weighted by Crippen LogP contribution is 1.80. The number of hydrogen-bond donors (Lipinski definition) is 1. The number of aliphatic hydroxyl groups excluding tert-OH is 1. The van der Waals surface area contributed by atoms with Gasteiger partial charge in [0.2, 0.25) is 0 Å². The maximum absolute atomic E-state index is 10.0. The molecule has 0 heterocycles. The molecular formula is C4H9ClO3. The predicted molar refractivity (Wildman–Crippen MR) is 30.9 cm³/mol. The molecule has 4 heteroatoms. The van der Waals surface area contributed by atoms with Crippen LogP contribution in [0.4, 0.5) is 0 Å². The van der Waals surface area contributed by atoms with Crippen molar-refractivity contribution >= 4 is 18.4 Å². The zero-order valence-corrected chi connectivity index (χ0v) is 5.57. The summed E-state index contributed by atoms with van der Waals surface area (Å²) in [5, 5.41) is 8.35. The average Bonchev–Trinajstić information content (AvgIpc) is 1.65. The van der Waals surface area contributed by atoms with Gasteiger partial charge in [-0.05, 0) is 6.92 Å². The van der Waals surface area contributed by atoms with Crippen LogP contribution >= 0.6 is 12.4 Å². The Hall–Kier alpha value is -0.280. The molecule has 0 aromatic carbocycles. The van der Waals surface area contributed by atoms with Gasteiger partial charge >= 0.3 is 5.97 Å². The van der Waals surface area contributed by atoms with Crippen molar-refractivity contribution in [2.24, 2.45) is 0 Å². The molecule has 0 unspecified atom stereocenters. The second-order valence-corrected chi connectivity index (χ2v) is 1.20. The lowest BCUT2D eigenvalue weighted by Crippen LogP contribution is -2.16. The Bertz CT molecular complexity index is 71.7. The van der Waals surface area contributed by atoms with Gasteiger partial charge in [-0.25, -0.2) is 4.79 Å². The van der Waals surface area contributed by atoms with Crippen LogP contribution in [0.1, 0.15) is 6.92 Å². The summed E-state index contributed by atoms with van der Waals surface area (Å²) in [4.78, 5) is 10.0. The first-order valence-electron chi connectivity index (χ1n) is 1.94. The van der Waals surface area contributed by atoms with Crippen LogP contribution < -0.4 is 0 Å². The maximum atomic E-state index is 10.0. The largest absolute Gasteiger partial charge is 0.467 e. The van der Waals surface area contributed by atoms with Gasteiger partial charge in [-0.2, -0.15) is 0 Å². The van der Waals surface area contributed by atoms with Crippen LogP contribution in [0.5, 0.6) is 0 Å². The summed E-state index contributed by atoms with van der Waals surface area (Å²) in [6.45, 7) is 1.35. The van der Waals surface area contributed by atoms with E-state index in [9.17, 15) is 4.79 Å². The van der Waals surface area contributed by atoms with E-state index in [1.807, 2.05) is 0 Å². The smallest absolute Gasteiger partial charge is 0.334 e. The molecule has 0 spiro atoms. The normalized spacial score (nSPS) is 11.4.